The number of hydrogen-bond donors (Lipinski definition) is 1. The van der Waals surface area contributed by atoms with Gasteiger partial charge >= 0.3 is 0 Å². The quantitative estimate of drug-likeness (QED) is 0.609. The molecule has 1 N–H and O–H groups in total. The van der Waals surface area contributed by atoms with Crippen LogP contribution in [0.1, 0.15) is 5.56 Å². The third kappa shape index (κ3) is 5.81. The lowest BCUT2D eigenvalue weighted by Crippen LogP contribution is -2.34. The zero-order valence-corrected chi connectivity index (χ0v) is 18.5. The molecule has 0 heterocycles. The first-order valence-corrected chi connectivity index (χ1v) is 9.53. The summed E-state index contributed by atoms with van der Waals surface area (Å²) in [7, 11) is 6.03. The first kappa shape index (κ1) is 23.4. The predicted molar refractivity (Wildman–Crippen MR) is 118 cm³/mol. The van der Waals surface area contributed by atoms with Crippen molar-refractivity contribution in [2.24, 2.45) is 0 Å². The molecule has 2 aromatic carbocycles. The minimum absolute atomic E-state index is 0.181. The standard InChI is InChI=1S/C21H22Cl2N2O5/c1-25(12-18(26)24-20-14(22)6-5-7-15(20)23)19(27)9-8-13-10-16(28-2)21(30-4)17(11-13)29-3/h5-11H,12H2,1-4H3,(H,24,26)/b9-8+. The summed E-state index contributed by atoms with van der Waals surface area (Å²) in [6.45, 7) is -0.181. The number of ether oxygens (including phenoxy) is 3. The van der Waals surface area contributed by atoms with Crippen LogP contribution in [0.15, 0.2) is 36.4 Å². The molecule has 0 radical (unpaired) electrons. The fraction of sp³-hybridized carbons (Fsp3) is 0.238. The van der Waals surface area contributed by atoms with E-state index < -0.39 is 5.91 Å². The highest BCUT2D eigenvalue weighted by molar-refractivity contribution is 6.39. The SMILES string of the molecule is COc1cc(/C=C/C(=O)N(C)CC(=O)Nc2c(Cl)cccc2Cl)cc(OC)c1OC. The van der Waals surface area contributed by atoms with Gasteiger partial charge in [-0.05, 0) is 35.9 Å². The lowest BCUT2D eigenvalue weighted by Gasteiger charge is -2.16. The maximum atomic E-state index is 12.4. The summed E-state index contributed by atoms with van der Waals surface area (Å²) in [5.74, 6) is 0.586. The molecule has 0 saturated carbocycles. The minimum atomic E-state index is -0.429. The van der Waals surface area contributed by atoms with Crippen LogP contribution < -0.4 is 19.5 Å². The zero-order valence-electron chi connectivity index (χ0n) is 17.0. The predicted octanol–water partition coefficient (Wildman–Crippen LogP) is 4.13. The minimum Gasteiger partial charge on any atom is -0.493 e. The molecule has 2 aromatic rings. The average molecular weight is 453 g/mol. The normalized spacial score (nSPS) is 10.6. The molecule has 9 heteroatoms. The Morgan fingerprint density at radius 2 is 1.60 bits per heavy atom. The van der Waals surface area contributed by atoms with Crippen molar-refractivity contribution in [2.75, 3.05) is 40.2 Å². The number of amides is 2. The fourth-order valence-corrected chi connectivity index (χ4v) is 3.07. The van der Waals surface area contributed by atoms with Crippen LogP contribution in [0, 0.1) is 0 Å². The Labute approximate surface area is 185 Å². The van der Waals surface area contributed by atoms with Crippen molar-refractivity contribution in [1.82, 2.24) is 4.90 Å². The molecule has 0 spiro atoms. The number of anilines is 1. The Kier molecular flexibility index (Phi) is 8.38. The third-order valence-corrected chi connectivity index (χ3v) is 4.72. The second-order valence-electron chi connectivity index (χ2n) is 6.13. The van der Waals surface area contributed by atoms with E-state index in [1.54, 1.807) is 36.4 Å². The molecule has 30 heavy (non-hydrogen) atoms. The zero-order chi connectivity index (χ0) is 22.3. The summed E-state index contributed by atoms with van der Waals surface area (Å²) in [4.78, 5) is 25.9. The summed E-state index contributed by atoms with van der Waals surface area (Å²) in [5.41, 5.74) is 0.971. The number of rotatable bonds is 8. The Morgan fingerprint density at radius 1 is 1.03 bits per heavy atom. The molecule has 0 aromatic heterocycles. The van der Waals surface area contributed by atoms with E-state index in [2.05, 4.69) is 5.32 Å². The molecular formula is C21H22Cl2N2O5. The molecule has 7 nitrogen and oxygen atoms in total. The van der Waals surface area contributed by atoms with Crippen LogP contribution in [0.5, 0.6) is 17.2 Å². The van der Waals surface area contributed by atoms with Gasteiger partial charge in [0.25, 0.3) is 0 Å². The average Bonchev–Trinajstić information content (AvgIpc) is 2.73. The van der Waals surface area contributed by atoms with Crippen molar-refractivity contribution in [3.05, 3.63) is 52.0 Å². The largest absolute Gasteiger partial charge is 0.493 e. The van der Waals surface area contributed by atoms with Gasteiger partial charge in [0.05, 0.1) is 43.6 Å². The van der Waals surface area contributed by atoms with Gasteiger partial charge < -0.3 is 24.4 Å². The van der Waals surface area contributed by atoms with Gasteiger partial charge in [-0.1, -0.05) is 29.3 Å². The van der Waals surface area contributed by atoms with E-state index in [9.17, 15) is 9.59 Å². The molecule has 0 saturated heterocycles. The van der Waals surface area contributed by atoms with Gasteiger partial charge in [0.1, 0.15) is 0 Å². The molecule has 160 valence electrons. The first-order valence-electron chi connectivity index (χ1n) is 8.77. The molecular weight excluding hydrogens is 431 g/mol. The van der Waals surface area contributed by atoms with Gasteiger partial charge in [-0.25, -0.2) is 0 Å². The monoisotopic (exact) mass is 452 g/mol. The van der Waals surface area contributed by atoms with Crippen molar-refractivity contribution in [1.29, 1.82) is 0 Å². The summed E-state index contributed by atoms with van der Waals surface area (Å²) >= 11 is 12.1. The second kappa shape index (κ2) is 10.8. The van der Waals surface area contributed by atoms with Crippen LogP contribution in [0.4, 0.5) is 5.69 Å². The number of benzene rings is 2. The van der Waals surface area contributed by atoms with E-state index in [0.717, 1.165) is 0 Å². The summed E-state index contributed by atoms with van der Waals surface area (Å²) in [5, 5.41) is 3.24. The first-order chi connectivity index (χ1) is 14.3. The van der Waals surface area contributed by atoms with Crippen molar-refractivity contribution >= 4 is 46.8 Å². The van der Waals surface area contributed by atoms with Crippen molar-refractivity contribution in [2.45, 2.75) is 0 Å². The molecule has 0 bridgehead atoms. The Balaban J connectivity index is 2.06. The molecule has 2 amide bonds. The van der Waals surface area contributed by atoms with E-state index in [-0.39, 0.29) is 12.5 Å². The van der Waals surface area contributed by atoms with Crippen LogP contribution in [0.2, 0.25) is 10.0 Å². The van der Waals surface area contributed by atoms with E-state index >= 15 is 0 Å². The molecule has 0 aliphatic rings. The van der Waals surface area contributed by atoms with E-state index in [0.29, 0.717) is 38.5 Å². The maximum Gasteiger partial charge on any atom is 0.246 e. The number of nitrogens with zero attached hydrogens (tertiary/aromatic N) is 1. The van der Waals surface area contributed by atoms with Crippen LogP contribution in [0.25, 0.3) is 6.08 Å². The van der Waals surface area contributed by atoms with Crippen molar-refractivity contribution in [3.8, 4) is 17.2 Å². The van der Waals surface area contributed by atoms with Gasteiger partial charge in [-0.15, -0.1) is 0 Å². The number of hydrogen-bond acceptors (Lipinski definition) is 5. The lowest BCUT2D eigenvalue weighted by atomic mass is 10.1. The summed E-state index contributed by atoms with van der Waals surface area (Å²) < 4.78 is 15.9. The van der Waals surface area contributed by atoms with E-state index in [1.165, 1.54) is 39.4 Å². The molecule has 0 fully saturated rings. The highest BCUT2D eigenvalue weighted by atomic mass is 35.5. The van der Waals surface area contributed by atoms with Gasteiger partial charge in [-0.2, -0.15) is 0 Å². The van der Waals surface area contributed by atoms with Crippen LogP contribution >= 0.6 is 23.2 Å². The Morgan fingerprint density at radius 3 is 2.10 bits per heavy atom. The van der Waals surface area contributed by atoms with Gasteiger partial charge in [0.2, 0.25) is 17.6 Å². The summed E-state index contributed by atoms with van der Waals surface area (Å²) in [6, 6.07) is 8.30. The maximum absolute atomic E-state index is 12.4. The number of nitrogens with one attached hydrogen (secondary N) is 1. The van der Waals surface area contributed by atoms with Gasteiger partial charge in [0.15, 0.2) is 11.5 Å². The smallest absolute Gasteiger partial charge is 0.246 e. The van der Waals surface area contributed by atoms with Crippen LogP contribution in [-0.2, 0) is 9.59 Å². The number of methoxy groups -OCH3 is 3. The number of para-hydroxylation sites is 1. The topological polar surface area (TPSA) is 77.1 Å². The molecule has 0 unspecified atom stereocenters. The third-order valence-electron chi connectivity index (χ3n) is 4.09. The van der Waals surface area contributed by atoms with Crippen LogP contribution in [0.3, 0.4) is 0 Å². The Bertz CT molecular complexity index is 917. The summed E-state index contributed by atoms with van der Waals surface area (Å²) in [6.07, 6.45) is 2.93. The van der Waals surface area contributed by atoms with Crippen molar-refractivity contribution in [3.63, 3.8) is 0 Å². The fourth-order valence-electron chi connectivity index (χ4n) is 2.58. The van der Waals surface area contributed by atoms with E-state index in [1.807, 2.05) is 0 Å². The van der Waals surface area contributed by atoms with Gasteiger partial charge in [-0.3, -0.25) is 9.59 Å². The number of likely N-dealkylation sites (N-methyl/N-ethyl adjacent to an activating group) is 1. The lowest BCUT2D eigenvalue weighted by molar-refractivity contribution is -0.129. The highest BCUT2D eigenvalue weighted by Gasteiger charge is 2.15. The number of carbonyl (C=O) groups excluding carboxylic acids is 2. The van der Waals surface area contributed by atoms with Crippen molar-refractivity contribution < 1.29 is 23.8 Å². The highest BCUT2D eigenvalue weighted by Crippen LogP contribution is 2.38. The number of halogens is 2. The molecule has 0 aliphatic heterocycles. The Hall–Kier alpha value is -2.90. The second-order valence-corrected chi connectivity index (χ2v) is 6.95. The van der Waals surface area contributed by atoms with Gasteiger partial charge in [0, 0.05) is 13.1 Å². The molecule has 2 rings (SSSR count). The van der Waals surface area contributed by atoms with E-state index in [4.69, 9.17) is 37.4 Å². The number of carbonyl (C=O) groups is 2. The molecule has 0 atom stereocenters. The molecule has 0 aliphatic carbocycles. The van der Waals surface area contributed by atoms with Crippen LogP contribution in [-0.4, -0.2) is 51.6 Å².